The van der Waals surface area contributed by atoms with Gasteiger partial charge in [-0.15, -0.1) is 11.3 Å². The van der Waals surface area contributed by atoms with Gasteiger partial charge in [0, 0.05) is 17.1 Å². The van der Waals surface area contributed by atoms with E-state index in [9.17, 15) is 4.79 Å². The highest BCUT2D eigenvalue weighted by molar-refractivity contribution is 7.10. The van der Waals surface area contributed by atoms with Gasteiger partial charge in [0.25, 0.3) is 0 Å². The molecule has 0 fully saturated rings. The van der Waals surface area contributed by atoms with E-state index in [1.54, 1.807) is 4.90 Å². The molecule has 5 heteroatoms. The quantitative estimate of drug-likeness (QED) is 0.920. The van der Waals surface area contributed by atoms with E-state index >= 15 is 0 Å². The Labute approximate surface area is 123 Å². The van der Waals surface area contributed by atoms with Crippen molar-refractivity contribution >= 4 is 17.2 Å². The second kappa shape index (κ2) is 6.63. The van der Waals surface area contributed by atoms with Gasteiger partial charge in [0.15, 0.2) is 0 Å². The minimum Gasteiger partial charge on any atom is -0.335 e. The molecular weight excluding hydrogens is 270 g/mol. The number of nitrogens with two attached hydrogens (primary N) is 1. The Balaban J connectivity index is 2.10. The number of nitrogens with zero attached hydrogens (tertiary/aromatic N) is 2. The molecule has 0 aliphatic rings. The van der Waals surface area contributed by atoms with E-state index in [1.807, 2.05) is 49.6 Å². The van der Waals surface area contributed by atoms with Gasteiger partial charge < -0.3 is 10.6 Å². The van der Waals surface area contributed by atoms with E-state index in [0.717, 1.165) is 16.3 Å². The molecule has 106 valence electrons. The molecule has 2 aromatic heterocycles. The maximum atomic E-state index is 12.4. The molecule has 20 heavy (non-hydrogen) atoms. The first-order valence-electron chi connectivity index (χ1n) is 6.62. The fourth-order valence-corrected chi connectivity index (χ4v) is 2.73. The third-order valence-corrected chi connectivity index (χ3v) is 4.06. The van der Waals surface area contributed by atoms with Crippen LogP contribution in [0, 0.1) is 6.92 Å². The lowest BCUT2D eigenvalue weighted by Crippen LogP contribution is -2.37. The molecule has 2 rings (SSSR count). The first-order chi connectivity index (χ1) is 9.61. The Kier molecular flexibility index (Phi) is 4.87. The first kappa shape index (κ1) is 14.7. The Hall–Kier alpha value is -1.72. The number of thiophene rings is 1. The van der Waals surface area contributed by atoms with Crippen LogP contribution in [0.15, 0.2) is 35.7 Å². The number of amides is 1. The van der Waals surface area contributed by atoms with Crippen LogP contribution in [0.3, 0.4) is 0 Å². The normalized spacial score (nSPS) is 12.2. The van der Waals surface area contributed by atoms with Crippen LogP contribution in [0.5, 0.6) is 0 Å². The second-order valence-corrected chi connectivity index (χ2v) is 5.60. The van der Waals surface area contributed by atoms with E-state index in [-0.39, 0.29) is 5.91 Å². The molecule has 1 unspecified atom stereocenters. The molecule has 2 aromatic rings. The van der Waals surface area contributed by atoms with Crippen molar-refractivity contribution in [3.05, 3.63) is 52.0 Å². The van der Waals surface area contributed by atoms with Crippen molar-refractivity contribution in [3.63, 3.8) is 0 Å². The molecule has 0 spiro atoms. The molecule has 2 heterocycles. The van der Waals surface area contributed by atoms with Crippen molar-refractivity contribution in [2.75, 3.05) is 6.54 Å². The fraction of sp³-hybridized carbons (Fsp3) is 0.333. The number of carbonyl (C=O) groups excluding carboxylic acids is 1. The molecule has 0 saturated heterocycles. The van der Waals surface area contributed by atoms with Gasteiger partial charge in [0.1, 0.15) is 6.04 Å². The number of hydrogen-bond acceptors (Lipinski definition) is 4. The average molecular weight is 289 g/mol. The number of hydrogen-bond donors (Lipinski definition) is 1. The Morgan fingerprint density at radius 2 is 2.20 bits per heavy atom. The lowest BCUT2D eigenvalue weighted by Gasteiger charge is -2.23. The summed E-state index contributed by atoms with van der Waals surface area (Å²) in [6, 6.07) is 9.05. The summed E-state index contributed by atoms with van der Waals surface area (Å²) < 4.78 is 0. The van der Waals surface area contributed by atoms with Crippen LogP contribution in [0.4, 0.5) is 0 Å². The summed E-state index contributed by atoms with van der Waals surface area (Å²) in [5.74, 6) is -0.0572. The average Bonchev–Trinajstić information content (AvgIpc) is 2.97. The van der Waals surface area contributed by atoms with Crippen molar-refractivity contribution < 1.29 is 4.79 Å². The minimum atomic E-state index is -0.584. The Morgan fingerprint density at radius 3 is 2.80 bits per heavy atom. The molecule has 0 saturated carbocycles. The second-order valence-electron chi connectivity index (χ2n) is 4.62. The van der Waals surface area contributed by atoms with E-state index in [1.165, 1.54) is 11.3 Å². The summed E-state index contributed by atoms with van der Waals surface area (Å²) in [4.78, 5) is 19.5. The zero-order valence-corrected chi connectivity index (χ0v) is 12.6. The van der Waals surface area contributed by atoms with Crippen LogP contribution in [-0.2, 0) is 11.3 Å². The molecule has 0 radical (unpaired) electrons. The summed E-state index contributed by atoms with van der Waals surface area (Å²) in [7, 11) is 0. The molecule has 4 nitrogen and oxygen atoms in total. The van der Waals surface area contributed by atoms with Crippen molar-refractivity contribution in [3.8, 4) is 0 Å². The molecular formula is C15H19N3OS. The van der Waals surface area contributed by atoms with Crippen molar-refractivity contribution in [2.24, 2.45) is 5.73 Å². The lowest BCUT2D eigenvalue weighted by molar-refractivity contribution is -0.133. The summed E-state index contributed by atoms with van der Waals surface area (Å²) in [5, 5.41) is 1.93. The SMILES string of the molecule is CCN(Cc1cccc(C)n1)C(=O)C(N)c1cccs1. The van der Waals surface area contributed by atoms with E-state index in [0.29, 0.717) is 13.1 Å². The van der Waals surface area contributed by atoms with E-state index in [2.05, 4.69) is 4.98 Å². The third kappa shape index (κ3) is 3.43. The van der Waals surface area contributed by atoms with Crippen molar-refractivity contribution in [2.45, 2.75) is 26.4 Å². The van der Waals surface area contributed by atoms with E-state index < -0.39 is 6.04 Å². The van der Waals surface area contributed by atoms with Gasteiger partial charge in [-0.2, -0.15) is 0 Å². The minimum absolute atomic E-state index is 0.0572. The number of pyridine rings is 1. The van der Waals surface area contributed by atoms with Crippen molar-refractivity contribution in [1.29, 1.82) is 0 Å². The maximum Gasteiger partial charge on any atom is 0.245 e. The lowest BCUT2D eigenvalue weighted by atomic mass is 10.2. The smallest absolute Gasteiger partial charge is 0.245 e. The maximum absolute atomic E-state index is 12.4. The van der Waals surface area contributed by atoms with E-state index in [4.69, 9.17) is 5.73 Å². The molecule has 0 aromatic carbocycles. The monoisotopic (exact) mass is 289 g/mol. The summed E-state index contributed by atoms with van der Waals surface area (Å²) in [6.07, 6.45) is 0. The van der Waals surface area contributed by atoms with Gasteiger partial charge in [0.05, 0.1) is 12.2 Å². The highest BCUT2D eigenvalue weighted by atomic mass is 32.1. The molecule has 0 bridgehead atoms. The number of likely N-dealkylation sites (N-methyl/N-ethyl adjacent to an activating group) is 1. The van der Waals surface area contributed by atoms with Gasteiger partial charge in [-0.05, 0) is 37.4 Å². The summed E-state index contributed by atoms with van der Waals surface area (Å²) >= 11 is 1.51. The van der Waals surface area contributed by atoms with Crippen LogP contribution in [0.1, 0.15) is 29.2 Å². The number of rotatable bonds is 5. The fourth-order valence-electron chi connectivity index (χ4n) is 2.02. The highest BCUT2D eigenvalue weighted by Gasteiger charge is 2.22. The Bertz CT molecular complexity index is 568. The van der Waals surface area contributed by atoms with Gasteiger partial charge in [-0.1, -0.05) is 12.1 Å². The molecule has 0 aliphatic carbocycles. The van der Waals surface area contributed by atoms with Crippen LogP contribution in [-0.4, -0.2) is 22.3 Å². The zero-order valence-electron chi connectivity index (χ0n) is 11.7. The number of carbonyl (C=O) groups is 1. The summed E-state index contributed by atoms with van der Waals surface area (Å²) in [6.45, 7) is 5.01. The number of aromatic nitrogens is 1. The molecule has 1 atom stereocenters. The predicted octanol–water partition coefficient (Wildman–Crippen LogP) is 2.50. The predicted molar refractivity (Wildman–Crippen MR) is 81.3 cm³/mol. The van der Waals surface area contributed by atoms with Gasteiger partial charge in [0.2, 0.25) is 5.91 Å². The van der Waals surface area contributed by atoms with Crippen LogP contribution >= 0.6 is 11.3 Å². The van der Waals surface area contributed by atoms with Crippen LogP contribution in [0.2, 0.25) is 0 Å². The highest BCUT2D eigenvalue weighted by Crippen LogP contribution is 2.19. The largest absolute Gasteiger partial charge is 0.335 e. The zero-order chi connectivity index (χ0) is 14.5. The van der Waals surface area contributed by atoms with Gasteiger partial charge >= 0.3 is 0 Å². The first-order valence-corrected chi connectivity index (χ1v) is 7.50. The molecule has 2 N–H and O–H groups in total. The van der Waals surface area contributed by atoms with Gasteiger partial charge in [-0.25, -0.2) is 0 Å². The standard InChI is InChI=1S/C15H19N3OS/c1-3-18(10-12-7-4-6-11(2)17-12)15(19)14(16)13-8-5-9-20-13/h4-9,14H,3,10,16H2,1-2H3. The topological polar surface area (TPSA) is 59.2 Å². The van der Waals surface area contributed by atoms with Crippen LogP contribution in [0.25, 0.3) is 0 Å². The third-order valence-electron chi connectivity index (χ3n) is 3.11. The van der Waals surface area contributed by atoms with Crippen LogP contribution < -0.4 is 5.73 Å². The summed E-state index contributed by atoms with van der Waals surface area (Å²) in [5.41, 5.74) is 7.88. The molecule has 0 aliphatic heterocycles. The molecule has 1 amide bonds. The number of aryl methyl sites for hydroxylation is 1. The van der Waals surface area contributed by atoms with Crippen molar-refractivity contribution in [1.82, 2.24) is 9.88 Å². The Morgan fingerprint density at radius 1 is 1.40 bits per heavy atom. The van der Waals surface area contributed by atoms with Gasteiger partial charge in [-0.3, -0.25) is 9.78 Å².